The van der Waals surface area contributed by atoms with E-state index in [1.54, 1.807) is 0 Å². The smallest absolute Gasteiger partial charge is 0.321 e. The third-order valence-electron chi connectivity index (χ3n) is 5.56. The molecule has 1 aromatic heterocycles. The number of aryl methyl sites for hydroxylation is 1. The maximum Gasteiger partial charge on any atom is 0.321 e. The van der Waals surface area contributed by atoms with Crippen LogP contribution in [-0.4, -0.2) is 60.3 Å². The van der Waals surface area contributed by atoms with Crippen LogP contribution in [0.25, 0.3) is 0 Å². The average Bonchev–Trinajstić information content (AvgIpc) is 3.14. The molecular formula is C21H29N5O2. The van der Waals surface area contributed by atoms with Gasteiger partial charge in [-0.05, 0) is 38.3 Å². The minimum atomic E-state index is -0.0126. The SMILES string of the molecule is Cc1cc(CN2CCN(C(=O)Nc3ccccc3N3CCCCC3)CC2)no1. The van der Waals surface area contributed by atoms with Crippen LogP contribution in [0, 0.1) is 6.92 Å². The van der Waals surface area contributed by atoms with E-state index in [1.807, 2.05) is 36.1 Å². The van der Waals surface area contributed by atoms with Crippen molar-refractivity contribution in [3.05, 3.63) is 41.8 Å². The molecule has 7 heteroatoms. The van der Waals surface area contributed by atoms with E-state index < -0.39 is 0 Å². The summed E-state index contributed by atoms with van der Waals surface area (Å²) < 4.78 is 5.14. The fraction of sp³-hybridized carbons (Fsp3) is 0.524. The number of hydrogen-bond acceptors (Lipinski definition) is 5. The molecule has 1 N–H and O–H groups in total. The van der Waals surface area contributed by atoms with Crippen molar-refractivity contribution < 1.29 is 9.32 Å². The number of nitrogens with zero attached hydrogens (tertiary/aromatic N) is 4. The second kappa shape index (κ2) is 8.65. The quantitative estimate of drug-likeness (QED) is 0.877. The zero-order valence-electron chi connectivity index (χ0n) is 16.6. The Morgan fingerprint density at radius 3 is 2.54 bits per heavy atom. The number of carbonyl (C=O) groups excluding carboxylic acids is 1. The van der Waals surface area contributed by atoms with Gasteiger partial charge in [-0.1, -0.05) is 17.3 Å². The Hall–Kier alpha value is -2.54. The van der Waals surface area contributed by atoms with Gasteiger partial charge in [0.15, 0.2) is 0 Å². The van der Waals surface area contributed by atoms with Crippen molar-refractivity contribution in [1.29, 1.82) is 0 Å². The zero-order chi connectivity index (χ0) is 19.3. The van der Waals surface area contributed by atoms with Crippen molar-refractivity contribution in [3.8, 4) is 0 Å². The summed E-state index contributed by atoms with van der Waals surface area (Å²) in [6, 6.07) is 10.1. The maximum atomic E-state index is 12.8. The molecule has 0 saturated carbocycles. The summed E-state index contributed by atoms with van der Waals surface area (Å²) in [6.07, 6.45) is 3.73. The number of benzene rings is 1. The normalized spacial score (nSPS) is 18.3. The molecule has 0 radical (unpaired) electrons. The summed E-state index contributed by atoms with van der Waals surface area (Å²) in [5.74, 6) is 0.834. The Balaban J connectivity index is 1.32. The molecule has 2 aliphatic heterocycles. The van der Waals surface area contributed by atoms with Gasteiger partial charge in [-0.2, -0.15) is 0 Å². The summed E-state index contributed by atoms with van der Waals surface area (Å²) >= 11 is 0. The van der Waals surface area contributed by atoms with Crippen LogP contribution < -0.4 is 10.2 Å². The highest BCUT2D eigenvalue weighted by Gasteiger charge is 2.23. The largest absolute Gasteiger partial charge is 0.370 e. The standard InChI is InChI=1S/C21H29N5O2/c1-17-15-18(23-28-17)16-24-11-13-26(14-12-24)21(27)22-19-7-3-4-8-20(19)25-9-5-2-6-10-25/h3-4,7-8,15H,2,5-6,9-14,16H2,1H3,(H,22,27). The number of urea groups is 1. The molecule has 2 saturated heterocycles. The number of piperidine rings is 1. The van der Waals surface area contributed by atoms with Gasteiger partial charge in [0.05, 0.1) is 17.1 Å². The summed E-state index contributed by atoms with van der Waals surface area (Å²) in [6.45, 7) is 7.91. The number of piperazine rings is 1. The molecule has 0 bridgehead atoms. The second-order valence-corrected chi connectivity index (χ2v) is 7.69. The van der Waals surface area contributed by atoms with Crippen LogP contribution in [0.2, 0.25) is 0 Å². The van der Waals surface area contributed by atoms with E-state index in [0.717, 1.165) is 55.6 Å². The van der Waals surface area contributed by atoms with Gasteiger partial charge < -0.3 is 19.6 Å². The minimum Gasteiger partial charge on any atom is -0.370 e. The molecule has 1 aromatic carbocycles. The van der Waals surface area contributed by atoms with E-state index in [2.05, 4.69) is 26.3 Å². The first-order valence-electron chi connectivity index (χ1n) is 10.2. The molecule has 4 rings (SSSR count). The van der Waals surface area contributed by atoms with Crippen molar-refractivity contribution in [3.63, 3.8) is 0 Å². The average molecular weight is 383 g/mol. The molecule has 0 spiro atoms. The fourth-order valence-corrected chi connectivity index (χ4v) is 4.01. The predicted octanol–water partition coefficient (Wildman–Crippen LogP) is 3.32. The number of amides is 2. The Labute approximate surface area is 166 Å². The summed E-state index contributed by atoms with van der Waals surface area (Å²) in [7, 11) is 0. The maximum absolute atomic E-state index is 12.8. The number of para-hydroxylation sites is 2. The Morgan fingerprint density at radius 1 is 1.07 bits per heavy atom. The number of nitrogens with one attached hydrogen (secondary N) is 1. The fourth-order valence-electron chi connectivity index (χ4n) is 4.01. The van der Waals surface area contributed by atoms with E-state index in [-0.39, 0.29) is 6.03 Å². The highest BCUT2D eigenvalue weighted by molar-refractivity contribution is 5.93. The van der Waals surface area contributed by atoms with Gasteiger partial charge in [0, 0.05) is 51.9 Å². The van der Waals surface area contributed by atoms with E-state index in [1.165, 1.54) is 19.3 Å². The van der Waals surface area contributed by atoms with Crippen LogP contribution in [0.3, 0.4) is 0 Å². The van der Waals surface area contributed by atoms with Crippen LogP contribution in [0.15, 0.2) is 34.9 Å². The first-order chi connectivity index (χ1) is 13.7. The van der Waals surface area contributed by atoms with Crippen molar-refractivity contribution >= 4 is 17.4 Å². The Kier molecular flexibility index (Phi) is 5.81. The second-order valence-electron chi connectivity index (χ2n) is 7.69. The van der Waals surface area contributed by atoms with Crippen molar-refractivity contribution in [2.75, 3.05) is 49.5 Å². The molecule has 2 amide bonds. The molecule has 0 atom stereocenters. The van der Waals surface area contributed by atoms with Gasteiger partial charge in [0.25, 0.3) is 0 Å². The number of hydrogen-bond donors (Lipinski definition) is 1. The first kappa shape index (κ1) is 18.8. The molecule has 7 nitrogen and oxygen atoms in total. The molecule has 28 heavy (non-hydrogen) atoms. The van der Waals surface area contributed by atoms with Crippen LogP contribution >= 0.6 is 0 Å². The zero-order valence-corrected chi connectivity index (χ0v) is 16.6. The third kappa shape index (κ3) is 4.47. The number of carbonyl (C=O) groups is 1. The van der Waals surface area contributed by atoms with Gasteiger partial charge in [0.1, 0.15) is 5.76 Å². The van der Waals surface area contributed by atoms with Crippen molar-refractivity contribution in [1.82, 2.24) is 15.0 Å². The van der Waals surface area contributed by atoms with Crippen LogP contribution in [0.5, 0.6) is 0 Å². The Bertz CT molecular complexity index is 792. The summed E-state index contributed by atoms with van der Waals surface area (Å²) in [5, 5.41) is 7.20. The number of anilines is 2. The van der Waals surface area contributed by atoms with E-state index >= 15 is 0 Å². The highest BCUT2D eigenvalue weighted by Crippen LogP contribution is 2.28. The monoisotopic (exact) mass is 383 g/mol. The van der Waals surface area contributed by atoms with Crippen LogP contribution in [0.4, 0.5) is 16.2 Å². The lowest BCUT2D eigenvalue weighted by Crippen LogP contribution is -2.49. The molecule has 150 valence electrons. The Morgan fingerprint density at radius 2 is 1.82 bits per heavy atom. The molecule has 2 aliphatic rings. The first-order valence-corrected chi connectivity index (χ1v) is 10.2. The van der Waals surface area contributed by atoms with Crippen molar-refractivity contribution in [2.45, 2.75) is 32.7 Å². The molecule has 3 heterocycles. The lowest BCUT2D eigenvalue weighted by atomic mass is 10.1. The number of aromatic nitrogens is 1. The van der Waals surface area contributed by atoms with Gasteiger partial charge in [-0.25, -0.2) is 4.79 Å². The molecule has 0 aliphatic carbocycles. The summed E-state index contributed by atoms with van der Waals surface area (Å²) in [5.41, 5.74) is 3.00. The van der Waals surface area contributed by atoms with Crippen LogP contribution in [-0.2, 0) is 6.54 Å². The topological polar surface area (TPSA) is 64.8 Å². The molecular weight excluding hydrogens is 354 g/mol. The summed E-state index contributed by atoms with van der Waals surface area (Å²) in [4.78, 5) is 19.4. The van der Waals surface area contributed by atoms with Crippen LogP contribution in [0.1, 0.15) is 30.7 Å². The number of rotatable bonds is 4. The van der Waals surface area contributed by atoms with Gasteiger partial charge in [0.2, 0.25) is 0 Å². The van der Waals surface area contributed by atoms with E-state index in [4.69, 9.17) is 4.52 Å². The minimum absolute atomic E-state index is 0.0126. The van der Waals surface area contributed by atoms with Gasteiger partial charge in [-0.15, -0.1) is 0 Å². The molecule has 0 unspecified atom stereocenters. The third-order valence-corrected chi connectivity index (χ3v) is 5.56. The molecule has 2 aromatic rings. The lowest BCUT2D eigenvalue weighted by molar-refractivity contribution is 0.141. The van der Waals surface area contributed by atoms with Gasteiger partial charge in [-0.3, -0.25) is 4.90 Å². The van der Waals surface area contributed by atoms with E-state index in [9.17, 15) is 4.79 Å². The van der Waals surface area contributed by atoms with Gasteiger partial charge >= 0.3 is 6.03 Å². The molecule has 2 fully saturated rings. The predicted molar refractivity (Wildman–Crippen MR) is 110 cm³/mol. The van der Waals surface area contributed by atoms with Crippen molar-refractivity contribution in [2.24, 2.45) is 0 Å². The van der Waals surface area contributed by atoms with E-state index in [0.29, 0.717) is 13.1 Å². The lowest BCUT2D eigenvalue weighted by Gasteiger charge is -2.35. The highest BCUT2D eigenvalue weighted by atomic mass is 16.5.